The van der Waals surface area contributed by atoms with E-state index < -0.39 is 5.54 Å². The van der Waals surface area contributed by atoms with Crippen molar-refractivity contribution in [2.24, 2.45) is 11.7 Å². The van der Waals surface area contributed by atoms with Crippen molar-refractivity contribution in [3.63, 3.8) is 0 Å². The first-order valence-electron chi connectivity index (χ1n) is 8.79. The van der Waals surface area contributed by atoms with Gasteiger partial charge in [0.2, 0.25) is 5.91 Å². The molecule has 0 aromatic carbocycles. The van der Waals surface area contributed by atoms with Crippen LogP contribution < -0.4 is 16.0 Å². The molecule has 23 heavy (non-hydrogen) atoms. The van der Waals surface area contributed by atoms with Crippen LogP contribution in [-0.2, 0) is 9.59 Å². The van der Waals surface area contributed by atoms with Gasteiger partial charge in [-0.3, -0.25) is 9.59 Å². The average Bonchev–Trinajstić information content (AvgIpc) is 2.72. The highest BCUT2D eigenvalue weighted by Gasteiger charge is 2.51. The van der Waals surface area contributed by atoms with Crippen LogP contribution in [0.5, 0.6) is 0 Å². The summed E-state index contributed by atoms with van der Waals surface area (Å²) in [7, 11) is 0. The van der Waals surface area contributed by atoms with E-state index in [2.05, 4.69) is 5.32 Å². The maximum Gasteiger partial charge on any atom is 0.329 e. The second-order valence-corrected chi connectivity index (χ2v) is 7.26. The first kappa shape index (κ1) is 16.2. The first-order chi connectivity index (χ1) is 11.0. The zero-order valence-corrected chi connectivity index (χ0v) is 13.6. The first-order valence-corrected chi connectivity index (χ1v) is 8.79. The van der Waals surface area contributed by atoms with Gasteiger partial charge in [-0.1, -0.05) is 25.7 Å². The molecule has 0 aromatic rings. The number of imide groups is 1. The number of piperidine rings is 1. The number of quaternary nitrogens is 1. The highest BCUT2D eigenvalue weighted by molar-refractivity contribution is 6.06. The molecule has 7 nitrogen and oxygen atoms in total. The number of likely N-dealkylation sites (tertiary alicyclic amines) is 1. The standard InChI is InChI=1S/C16H26N4O3/c17-13(21)12-6-5-9-19(10-12)11-20-14(22)16(18-15(20)23)7-3-1-2-4-8-16/h12H,1-11H2,(H2,17,21)(H,18,23)/p+1/t12-/m1/s1. The van der Waals surface area contributed by atoms with Gasteiger partial charge in [-0.25, -0.2) is 9.69 Å². The number of rotatable bonds is 3. The Bertz CT molecular complexity index is 500. The second kappa shape index (κ2) is 6.47. The van der Waals surface area contributed by atoms with Gasteiger partial charge < -0.3 is 16.0 Å². The predicted molar refractivity (Wildman–Crippen MR) is 83.3 cm³/mol. The summed E-state index contributed by atoms with van der Waals surface area (Å²) in [6.45, 7) is 1.82. The van der Waals surface area contributed by atoms with E-state index in [1.165, 1.54) is 4.90 Å². The Morgan fingerprint density at radius 2 is 1.91 bits per heavy atom. The monoisotopic (exact) mass is 323 g/mol. The molecule has 1 saturated carbocycles. The van der Waals surface area contributed by atoms with Crippen molar-refractivity contribution in [2.75, 3.05) is 19.8 Å². The van der Waals surface area contributed by atoms with Crippen molar-refractivity contribution in [2.45, 2.75) is 56.9 Å². The molecule has 2 saturated heterocycles. The summed E-state index contributed by atoms with van der Waals surface area (Å²) in [6, 6.07) is -0.273. The van der Waals surface area contributed by atoms with Gasteiger partial charge in [0.05, 0.1) is 19.0 Å². The van der Waals surface area contributed by atoms with Crippen molar-refractivity contribution in [1.29, 1.82) is 0 Å². The Morgan fingerprint density at radius 1 is 1.22 bits per heavy atom. The Hall–Kier alpha value is -1.63. The Balaban J connectivity index is 1.67. The Morgan fingerprint density at radius 3 is 2.57 bits per heavy atom. The van der Waals surface area contributed by atoms with E-state index in [4.69, 9.17) is 5.73 Å². The molecule has 2 aliphatic heterocycles. The second-order valence-electron chi connectivity index (χ2n) is 7.26. The maximum absolute atomic E-state index is 12.9. The minimum Gasteiger partial charge on any atom is -0.369 e. The molecule has 1 aliphatic carbocycles. The molecule has 4 amide bonds. The van der Waals surface area contributed by atoms with Crippen molar-refractivity contribution in [1.82, 2.24) is 10.2 Å². The van der Waals surface area contributed by atoms with Crippen LogP contribution in [0.4, 0.5) is 4.79 Å². The average molecular weight is 323 g/mol. The van der Waals surface area contributed by atoms with Crippen molar-refractivity contribution >= 4 is 17.8 Å². The lowest BCUT2D eigenvalue weighted by atomic mass is 9.90. The van der Waals surface area contributed by atoms with E-state index in [1.807, 2.05) is 0 Å². The fourth-order valence-corrected chi connectivity index (χ4v) is 4.25. The van der Waals surface area contributed by atoms with Gasteiger partial charge in [-0.05, 0) is 25.7 Å². The largest absolute Gasteiger partial charge is 0.369 e. The van der Waals surface area contributed by atoms with E-state index in [0.29, 0.717) is 13.2 Å². The lowest BCUT2D eigenvalue weighted by Gasteiger charge is -2.30. The molecule has 3 rings (SSSR count). The summed E-state index contributed by atoms with van der Waals surface area (Å²) < 4.78 is 0. The summed E-state index contributed by atoms with van der Waals surface area (Å²) >= 11 is 0. The molecule has 3 fully saturated rings. The number of hydrogen-bond donors (Lipinski definition) is 3. The van der Waals surface area contributed by atoms with E-state index in [1.54, 1.807) is 0 Å². The summed E-state index contributed by atoms with van der Waals surface area (Å²) in [5.74, 6) is -0.496. The number of carbonyl (C=O) groups excluding carboxylic acids is 3. The zero-order chi connectivity index (χ0) is 16.4. The molecule has 0 aromatic heterocycles. The fraction of sp³-hybridized carbons (Fsp3) is 0.812. The van der Waals surface area contributed by atoms with Crippen molar-refractivity contribution in [3.8, 4) is 0 Å². The molecule has 4 N–H and O–H groups in total. The Kier molecular flexibility index (Phi) is 4.57. The summed E-state index contributed by atoms with van der Waals surface area (Å²) in [6.07, 6.45) is 7.42. The van der Waals surface area contributed by atoms with Crippen LogP contribution in [0.2, 0.25) is 0 Å². The lowest BCUT2D eigenvalue weighted by Crippen LogP contribution is -3.15. The summed E-state index contributed by atoms with van der Waals surface area (Å²) in [5, 5.41) is 2.97. The number of carbonyl (C=O) groups is 3. The van der Waals surface area contributed by atoms with Crippen LogP contribution in [-0.4, -0.2) is 48.0 Å². The van der Waals surface area contributed by atoms with E-state index in [9.17, 15) is 14.4 Å². The lowest BCUT2D eigenvalue weighted by molar-refractivity contribution is -0.914. The van der Waals surface area contributed by atoms with Gasteiger partial charge in [0.1, 0.15) is 5.54 Å². The third kappa shape index (κ3) is 3.20. The van der Waals surface area contributed by atoms with E-state index in [0.717, 1.165) is 62.8 Å². The maximum atomic E-state index is 12.9. The van der Waals surface area contributed by atoms with Gasteiger partial charge in [0.25, 0.3) is 5.91 Å². The van der Waals surface area contributed by atoms with Gasteiger partial charge in [-0.15, -0.1) is 0 Å². The summed E-state index contributed by atoms with van der Waals surface area (Å²) in [4.78, 5) is 39.1. The number of nitrogens with one attached hydrogen (secondary N) is 2. The highest BCUT2D eigenvalue weighted by atomic mass is 16.2. The number of nitrogens with two attached hydrogens (primary N) is 1. The van der Waals surface area contributed by atoms with Crippen LogP contribution in [0.15, 0.2) is 0 Å². The van der Waals surface area contributed by atoms with E-state index in [-0.39, 0.29) is 23.8 Å². The van der Waals surface area contributed by atoms with Crippen LogP contribution in [0, 0.1) is 5.92 Å². The fourth-order valence-electron chi connectivity index (χ4n) is 4.25. The molecule has 3 aliphatic rings. The van der Waals surface area contributed by atoms with Crippen molar-refractivity contribution < 1.29 is 19.3 Å². The van der Waals surface area contributed by atoms with Gasteiger partial charge >= 0.3 is 6.03 Å². The molecule has 128 valence electrons. The number of urea groups is 1. The smallest absolute Gasteiger partial charge is 0.329 e. The predicted octanol–water partition coefficient (Wildman–Crippen LogP) is -0.631. The van der Waals surface area contributed by atoms with Crippen LogP contribution >= 0.6 is 0 Å². The molecular weight excluding hydrogens is 296 g/mol. The van der Waals surface area contributed by atoms with Gasteiger partial charge in [-0.2, -0.15) is 0 Å². The molecule has 0 bridgehead atoms. The van der Waals surface area contributed by atoms with Gasteiger partial charge in [0.15, 0.2) is 6.67 Å². The van der Waals surface area contributed by atoms with Crippen LogP contribution in [0.1, 0.15) is 51.4 Å². The van der Waals surface area contributed by atoms with E-state index >= 15 is 0 Å². The molecular formula is C16H27N4O3+. The van der Waals surface area contributed by atoms with Crippen LogP contribution in [0.25, 0.3) is 0 Å². The third-order valence-electron chi connectivity index (χ3n) is 5.61. The summed E-state index contributed by atoms with van der Waals surface area (Å²) in [5.41, 5.74) is 4.73. The normalized spacial score (nSPS) is 31.0. The molecule has 1 spiro atoms. The van der Waals surface area contributed by atoms with Crippen LogP contribution in [0.3, 0.4) is 0 Å². The number of hydrogen-bond acceptors (Lipinski definition) is 3. The number of nitrogens with zero attached hydrogens (tertiary/aromatic N) is 1. The number of amides is 4. The number of primary amides is 1. The molecule has 7 heteroatoms. The molecule has 2 heterocycles. The minimum absolute atomic E-state index is 0.0712. The SMILES string of the molecule is NC(=O)[C@@H]1CCC[NH+](CN2C(=O)NC3(CCCCCC3)C2=O)C1. The van der Waals surface area contributed by atoms with Gasteiger partial charge in [0, 0.05) is 0 Å². The van der Waals surface area contributed by atoms with Crippen molar-refractivity contribution in [3.05, 3.63) is 0 Å². The molecule has 1 unspecified atom stereocenters. The third-order valence-corrected chi connectivity index (χ3v) is 5.61. The molecule has 0 radical (unpaired) electrons. The molecule has 2 atom stereocenters. The topological polar surface area (TPSA) is 96.9 Å². The highest BCUT2D eigenvalue weighted by Crippen LogP contribution is 2.32. The quantitative estimate of drug-likeness (QED) is 0.603. The Labute approximate surface area is 136 Å². The zero-order valence-electron chi connectivity index (χ0n) is 13.6. The minimum atomic E-state index is -0.675.